The van der Waals surface area contributed by atoms with Crippen LogP contribution in [0.25, 0.3) is 0 Å². The van der Waals surface area contributed by atoms with E-state index >= 15 is 0 Å². The molecule has 0 aliphatic heterocycles. The molecule has 4 N–H and O–H groups in total. The van der Waals surface area contributed by atoms with Crippen LogP contribution in [0, 0.1) is 18.3 Å². The van der Waals surface area contributed by atoms with Crippen molar-refractivity contribution in [1.82, 2.24) is 0 Å². The average Bonchev–Trinajstić information content (AvgIpc) is 2.31. The van der Waals surface area contributed by atoms with Gasteiger partial charge in [0.1, 0.15) is 11.4 Å². The fourth-order valence-corrected chi connectivity index (χ4v) is 1.42. The molecule has 0 aliphatic rings. The normalized spacial score (nSPS) is 9.62. The minimum atomic E-state index is 0.00163. The van der Waals surface area contributed by atoms with Crippen molar-refractivity contribution in [2.45, 2.75) is 6.92 Å². The molecule has 1 aromatic carbocycles. The summed E-state index contributed by atoms with van der Waals surface area (Å²) in [6.07, 6.45) is 0. The number of nitrogens with two attached hydrogens (primary N) is 1. The van der Waals surface area contributed by atoms with Gasteiger partial charge in [0, 0.05) is 12.6 Å². The van der Waals surface area contributed by atoms with Crippen LogP contribution in [0.1, 0.15) is 11.1 Å². The van der Waals surface area contributed by atoms with Gasteiger partial charge in [-0.25, -0.2) is 0 Å². The number of rotatable bonds is 4. The first-order valence-electron chi connectivity index (χ1n) is 4.87. The molecule has 0 spiro atoms. The van der Waals surface area contributed by atoms with E-state index in [2.05, 4.69) is 11.4 Å². The van der Waals surface area contributed by atoms with Crippen LogP contribution in [-0.2, 0) is 0 Å². The van der Waals surface area contributed by atoms with Crippen LogP contribution >= 0.6 is 0 Å². The van der Waals surface area contributed by atoms with Crippen LogP contribution in [-0.4, -0.2) is 25.4 Å². The average molecular weight is 221 g/mol. The highest BCUT2D eigenvalue weighted by atomic mass is 16.5. The summed E-state index contributed by atoms with van der Waals surface area (Å²) in [5, 5.41) is 20.6. The van der Waals surface area contributed by atoms with E-state index in [1.54, 1.807) is 13.0 Å². The van der Waals surface area contributed by atoms with Gasteiger partial charge in [0.2, 0.25) is 0 Å². The molecule has 0 bridgehead atoms. The lowest BCUT2D eigenvalue weighted by molar-refractivity contribution is 0.311. The zero-order valence-electron chi connectivity index (χ0n) is 9.37. The molecular formula is C11H15N3O2. The third-order valence-corrected chi connectivity index (χ3v) is 2.35. The number of nitrogen functional groups attached to an aromatic ring is 1. The molecule has 1 rings (SSSR count). The Morgan fingerprint density at radius 3 is 2.81 bits per heavy atom. The number of benzene rings is 1. The standard InChI is InChI=1S/C11H15N3O2/c1-7-8(6-12)5-9(16-2)11(10(7)13)14-3-4-15/h5,14-15H,3-4,13H2,1-2H3. The van der Waals surface area contributed by atoms with E-state index < -0.39 is 0 Å². The largest absolute Gasteiger partial charge is 0.494 e. The third kappa shape index (κ3) is 2.18. The second-order valence-electron chi connectivity index (χ2n) is 3.30. The molecule has 86 valence electrons. The van der Waals surface area contributed by atoms with Gasteiger partial charge in [-0.3, -0.25) is 0 Å². The monoisotopic (exact) mass is 221 g/mol. The molecule has 0 fully saturated rings. The van der Waals surface area contributed by atoms with E-state index in [1.807, 2.05) is 0 Å². The van der Waals surface area contributed by atoms with Gasteiger partial charge in [-0.15, -0.1) is 0 Å². The second-order valence-corrected chi connectivity index (χ2v) is 3.30. The number of nitrogens with one attached hydrogen (secondary N) is 1. The van der Waals surface area contributed by atoms with Crippen molar-refractivity contribution in [3.05, 3.63) is 17.2 Å². The number of aliphatic hydroxyl groups excluding tert-OH is 1. The number of ether oxygens (including phenoxy) is 1. The van der Waals surface area contributed by atoms with Crippen LogP contribution in [0.5, 0.6) is 5.75 Å². The van der Waals surface area contributed by atoms with E-state index in [1.165, 1.54) is 7.11 Å². The first-order valence-corrected chi connectivity index (χ1v) is 4.87. The minimum Gasteiger partial charge on any atom is -0.494 e. The van der Waals surface area contributed by atoms with Gasteiger partial charge in [0.05, 0.1) is 31.0 Å². The van der Waals surface area contributed by atoms with E-state index in [0.29, 0.717) is 34.8 Å². The molecule has 0 aliphatic carbocycles. The zero-order chi connectivity index (χ0) is 12.1. The molecule has 0 unspecified atom stereocenters. The predicted octanol–water partition coefficient (Wildman–Crippen LogP) is 0.862. The lowest BCUT2D eigenvalue weighted by Crippen LogP contribution is -2.10. The Balaban J connectivity index is 3.25. The zero-order valence-corrected chi connectivity index (χ0v) is 9.37. The van der Waals surface area contributed by atoms with Crippen LogP contribution in [0.15, 0.2) is 6.07 Å². The van der Waals surface area contributed by atoms with Gasteiger partial charge in [-0.05, 0) is 12.5 Å². The Bertz CT molecular complexity index is 424. The lowest BCUT2D eigenvalue weighted by Gasteiger charge is -2.15. The highest BCUT2D eigenvalue weighted by Gasteiger charge is 2.13. The first-order chi connectivity index (χ1) is 7.65. The van der Waals surface area contributed by atoms with Gasteiger partial charge in [0.25, 0.3) is 0 Å². The van der Waals surface area contributed by atoms with Crippen molar-refractivity contribution in [1.29, 1.82) is 5.26 Å². The maximum Gasteiger partial charge on any atom is 0.145 e. The molecule has 0 saturated carbocycles. The molecule has 5 heteroatoms. The van der Waals surface area contributed by atoms with Gasteiger partial charge in [-0.2, -0.15) is 5.26 Å². The van der Waals surface area contributed by atoms with E-state index in [4.69, 9.17) is 20.8 Å². The summed E-state index contributed by atoms with van der Waals surface area (Å²) in [7, 11) is 1.51. The minimum absolute atomic E-state index is 0.00163. The Labute approximate surface area is 94.4 Å². The van der Waals surface area contributed by atoms with Crippen molar-refractivity contribution >= 4 is 11.4 Å². The Kier molecular flexibility index (Phi) is 3.97. The molecule has 0 atom stereocenters. The molecule has 5 nitrogen and oxygen atoms in total. The summed E-state index contributed by atoms with van der Waals surface area (Å²) in [5.74, 6) is 0.508. The number of nitrogens with zero attached hydrogens (tertiary/aromatic N) is 1. The van der Waals surface area contributed by atoms with Gasteiger partial charge >= 0.3 is 0 Å². The Morgan fingerprint density at radius 2 is 2.31 bits per heavy atom. The summed E-state index contributed by atoms with van der Waals surface area (Å²) >= 11 is 0. The summed E-state index contributed by atoms with van der Waals surface area (Å²) in [4.78, 5) is 0. The SMILES string of the molecule is COc1cc(C#N)c(C)c(N)c1NCCO. The van der Waals surface area contributed by atoms with Crippen LogP contribution in [0.3, 0.4) is 0 Å². The number of hydrogen-bond donors (Lipinski definition) is 3. The number of nitriles is 1. The van der Waals surface area contributed by atoms with Crippen molar-refractivity contribution in [3.63, 3.8) is 0 Å². The number of hydrogen-bond acceptors (Lipinski definition) is 5. The van der Waals surface area contributed by atoms with Crippen molar-refractivity contribution < 1.29 is 9.84 Å². The predicted molar refractivity (Wildman–Crippen MR) is 62.4 cm³/mol. The summed E-state index contributed by atoms with van der Waals surface area (Å²) in [6, 6.07) is 3.69. The highest BCUT2D eigenvalue weighted by Crippen LogP contribution is 2.35. The fraction of sp³-hybridized carbons (Fsp3) is 0.364. The lowest BCUT2D eigenvalue weighted by atomic mass is 10.1. The molecule has 0 radical (unpaired) electrons. The molecule has 1 aromatic rings. The molecule has 16 heavy (non-hydrogen) atoms. The maximum absolute atomic E-state index is 8.91. The van der Waals surface area contributed by atoms with Crippen molar-refractivity contribution in [2.24, 2.45) is 0 Å². The highest BCUT2D eigenvalue weighted by molar-refractivity contribution is 5.79. The van der Waals surface area contributed by atoms with Gasteiger partial charge in [-0.1, -0.05) is 0 Å². The number of methoxy groups -OCH3 is 1. The van der Waals surface area contributed by atoms with Crippen molar-refractivity contribution in [3.8, 4) is 11.8 Å². The molecular weight excluding hydrogens is 206 g/mol. The van der Waals surface area contributed by atoms with E-state index in [-0.39, 0.29) is 6.61 Å². The Hall–Kier alpha value is -1.93. The molecule has 0 amide bonds. The van der Waals surface area contributed by atoms with E-state index in [0.717, 1.165) is 0 Å². The van der Waals surface area contributed by atoms with Crippen LogP contribution in [0.4, 0.5) is 11.4 Å². The maximum atomic E-state index is 8.91. The molecule has 0 aromatic heterocycles. The summed E-state index contributed by atoms with van der Waals surface area (Å²) in [6.45, 7) is 2.16. The van der Waals surface area contributed by atoms with E-state index in [9.17, 15) is 0 Å². The number of anilines is 2. The van der Waals surface area contributed by atoms with Crippen LogP contribution in [0.2, 0.25) is 0 Å². The Morgan fingerprint density at radius 1 is 1.62 bits per heavy atom. The second kappa shape index (κ2) is 5.24. The van der Waals surface area contributed by atoms with Gasteiger partial charge < -0.3 is 20.9 Å². The van der Waals surface area contributed by atoms with Crippen LogP contribution < -0.4 is 15.8 Å². The topological polar surface area (TPSA) is 91.3 Å². The number of aliphatic hydroxyl groups is 1. The molecule has 0 saturated heterocycles. The fourth-order valence-electron chi connectivity index (χ4n) is 1.42. The first kappa shape index (κ1) is 12.1. The quantitative estimate of drug-likeness (QED) is 0.656. The smallest absolute Gasteiger partial charge is 0.145 e. The molecule has 0 heterocycles. The van der Waals surface area contributed by atoms with Gasteiger partial charge in [0.15, 0.2) is 0 Å². The summed E-state index contributed by atoms with van der Waals surface area (Å²) in [5.41, 5.74) is 8.20. The third-order valence-electron chi connectivity index (χ3n) is 2.35. The van der Waals surface area contributed by atoms with Crippen molar-refractivity contribution in [2.75, 3.05) is 31.3 Å². The summed E-state index contributed by atoms with van der Waals surface area (Å²) < 4.78 is 5.15.